The number of carbonyl (C=O) groups excluding carboxylic acids is 1. The number of hydrogen-bond acceptors (Lipinski definition) is 5. The van der Waals surface area contributed by atoms with Gasteiger partial charge in [0.1, 0.15) is 17.7 Å². The molecule has 1 saturated heterocycles. The number of methoxy groups -OCH3 is 1. The summed E-state index contributed by atoms with van der Waals surface area (Å²) in [4.78, 5) is 22.6. The van der Waals surface area contributed by atoms with Gasteiger partial charge in [-0.25, -0.2) is 9.78 Å². The number of nitrogens with one attached hydrogen (secondary N) is 1. The predicted octanol–water partition coefficient (Wildman–Crippen LogP) is 2.55. The van der Waals surface area contributed by atoms with E-state index in [0.717, 1.165) is 30.7 Å². The summed E-state index contributed by atoms with van der Waals surface area (Å²) >= 11 is 0. The van der Waals surface area contributed by atoms with E-state index in [0.29, 0.717) is 24.8 Å². The number of likely N-dealkylation sites (tertiary alicyclic amines) is 1. The zero-order valence-corrected chi connectivity index (χ0v) is 15.1. The third kappa shape index (κ3) is 4.84. The number of nitrogens with zero attached hydrogens (tertiary/aromatic N) is 3. The van der Waals surface area contributed by atoms with Crippen LogP contribution in [0.25, 0.3) is 0 Å². The summed E-state index contributed by atoms with van der Waals surface area (Å²) < 4.78 is 11.1. The molecule has 1 aliphatic heterocycles. The SMILES string of the molecule is COc1ccc(CNC(=O)N2CCCC(Oc3ccnc(C)n3)C2)cc1. The number of piperidine rings is 1. The number of aromatic nitrogens is 2. The maximum absolute atomic E-state index is 12.5. The van der Waals surface area contributed by atoms with Crippen molar-refractivity contribution in [2.45, 2.75) is 32.4 Å². The van der Waals surface area contributed by atoms with E-state index in [2.05, 4.69) is 15.3 Å². The highest BCUT2D eigenvalue weighted by Crippen LogP contribution is 2.17. The highest BCUT2D eigenvalue weighted by Gasteiger charge is 2.25. The molecule has 2 heterocycles. The number of ether oxygens (including phenoxy) is 2. The summed E-state index contributed by atoms with van der Waals surface area (Å²) in [5.41, 5.74) is 1.03. The Kier molecular flexibility index (Phi) is 5.88. The van der Waals surface area contributed by atoms with Crippen molar-refractivity contribution in [1.29, 1.82) is 0 Å². The van der Waals surface area contributed by atoms with Crippen LogP contribution in [0.4, 0.5) is 4.79 Å². The van der Waals surface area contributed by atoms with Crippen LogP contribution < -0.4 is 14.8 Å². The number of urea groups is 1. The van der Waals surface area contributed by atoms with Gasteiger partial charge in [-0.3, -0.25) is 0 Å². The Balaban J connectivity index is 1.50. The van der Waals surface area contributed by atoms with E-state index in [1.165, 1.54) is 0 Å². The number of hydrogen-bond donors (Lipinski definition) is 1. The van der Waals surface area contributed by atoms with Crippen LogP contribution in [0.15, 0.2) is 36.5 Å². The molecule has 0 radical (unpaired) electrons. The standard InChI is InChI=1S/C19H24N4O3/c1-14-20-10-9-18(22-14)26-17-4-3-11-23(13-17)19(24)21-12-15-5-7-16(25-2)8-6-15/h5-10,17H,3-4,11-13H2,1-2H3,(H,21,24). The number of aryl methyl sites for hydroxylation is 1. The van der Waals surface area contributed by atoms with Gasteiger partial charge in [-0.2, -0.15) is 4.98 Å². The zero-order valence-electron chi connectivity index (χ0n) is 15.1. The first-order chi connectivity index (χ1) is 12.6. The molecule has 1 aromatic carbocycles. The zero-order chi connectivity index (χ0) is 18.4. The fourth-order valence-electron chi connectivity index (χ4n) is 2.92. The third-order valence-corrected chi connectivity index (χ3v) is 4.31. The molecule has 1 N–H and O–H groups in total. The van der Waals surface area contributed by atoms with E-state index in [-0.39, 0.29) is 12.1 Å². The Morgan fingerprint density at radius 3 is 2.85 bits per heavy atom. The molecule has 7 heteroatoms. The van der Waals surface area contributed by atoms with Crippen molar-refractivity contribution in [1.82, 2.24) is 20.2 Å². The van der Waals surface area contributed by atoms with Gasteiger partial charge in [0.15, 0.2) is 0 Å². The summed E-state index contributed by atoms with van der Waals surface area (Å²) in [6.45, 7) is 3.59. The second kappa shape index (κ2) is 8.51. The minimum Gasteiger partial charge on any atom is -0.497 e. The highest BCUT2D eigenvalue weighted by molar-refractivity contribution is 5.74. The van der Waals surface area contributed by atoms with Crippen molar-refractivity contribution in [3.8, 4) is 11.6 Å². The van der Waals surface area contributed by atoms with Gasteiger partial charge in [-0.15, -0.1) is 0 Å². The van der Waals surface area contributed by atoms with Crippen LogP contribution in [0.1, 0.15) is 24.2 Å². The average molecular weight is 356 g/mol. The predicted molar refractivity (Wildman–Crippen MR) is 97.2 cm³/mol. The maximum atomic E-state index is 12.5. The summed E-state index contributed by atoms with van der Waals surface area (Å²) in [7, 11) is 1.63. The van der Waals surface area contributed by atoms with Crippen molar-refractivity contribution < 1.29 is 14.3 Å². The van der Waals surface area contributed by atoms with Crippen molar-refractivity contribution in [3.05, 3.63) is 47.9 Å². The number of amides is 2. The summed E-state index contributed by atoms with van der Waals surface area (Å²) in [6.07, 6.45) is 3.44. The van der Waals surface area contributed by atoms with Crippen LogP contribution in [0.5, 0.6) is 11.6 Å². The van der Waals surface area contributed by atoms with Crippen LogP contribution in [0.3, 0.4) is 0 Å². The molecule has 0 aliphatic carbocycles. The molecule has 2 aromatic rings. The van der Waals surface area contributed by atoms with E-state index < -0.39 is 0 Å². The van der Waals surface area contributed by atoms with Gasteiger partial charge in [-0.05, 0) is 37.5 Å². The molecule has 2 amide bonds. The maximum Gasteiger partial charge on any atom is 0.317 e. The highest BCUT2D eigenvalue weighted by atomic mass is 16.5. The first-order valence-electron chi connectivity index (χ1n) is 8.76. The van der Waals surface area contributed by atoms with Gasteiger partial charge in [0, 0.05) is 25.4 Å². The van der Waals surface area contributed by atoms with Crippen LogP contribution in [0, 0.1) is 6.92 Å². The molecule has 26 heavy (non-hydrogen) atoms. The van der Waals surface area contributed by atoms with Gasteiger partial charge < -0.3 is 19.7 Å². The quantitative estimate of drug-likeness (QED) is 0.891. The summed E-state index contributed by atoms with van der Waals surface area (Å²) in [5, 5.41) is 2.96. The van der Waals surface area contributed by atoms with Crippen LogP contribution >= 0.6 is 0 Å². The lowest BCUT2D eigenvalue weighted by atomic mass is 10.1. The van der Waals surface area contributed by atoms with Crippen molar-refractivity contribution in [2.75, 3.05) is 20.2 Å². The molecular weight excluding hydrogens is 332 g/mol. The molecule has 0 bridgehead atoms. The molecular formula is C19H24N4O3. The van der Waals surface area contributed by atoms with Gasteiger partial charge in [0.25, 0.3) is 0 Å². The Morgan fingerprint density at radius 2 is 2.12 bits per heavy atom. The normalized spacial score (nSPS) is 16.8. The summed E-state index contributed by atoms with van der Waals surface area (Å²) in [5.74, 6) is 2.03. The van der Waals surface area contributed by atoms with E-state index >= 15 is 0 Å². The molecule has 3 rings (SSSR count). The first kappa shape index (κ1) is 18.0. The lowest BCUT2D eigenvalue weighted by molar-refractivity contribution is 0.0974. The lowest BCUT2D eigenvalue weighted by Crippen LogP contribution is -2.48. The summed E-state index contributed by atoms with van der Waals surface area (Å²) in [6, 6.07) is 9.33. The Labute approximate surface area is 153 Å². The monoisotopic (exact) mass is 356 g/mol. The largest absolute Gasteiger partial charge is 0.497 e. The van der Waals surface area contributed by atoms with E-state index in [1.54, 1.807) is 24.3 Å². The van der Waals surface area contributed by atoms with E-state index in [4.69, 9.17) is 9.47 Å². The van der Waals surface area contributed by atoms with Crippen molar-refractivity contribution in [2.24, 2.45) is 0 Å². The molecule has 1 fully saturated rings. The minimum absolute atomic E-state index is 0.0511. The molecule has 1 aromatic heterocycles. The fraction of sp³-hybridized carbons (Fsp3) is 0.421. The van der Waals surface area contributed by atoms with Crippen LogP contribution in [0.2, 0.25) is 0 Å². The first-order valence-corrected chi connectivity index (χ1v) is 8.76. The smallest absolute Gasteiger partial charge is 0.317 e. The van der Waals surface area contributed by atoms with Gasteiger partial charge >= 0.3 is 6.03 Å². The van der Waals surface area contributed by atoms with E-state index in [9.17, 15) is 4.79 Å². The van der Waals surface area contributed by atoms with Gasteiger partial charge in [0.2, 0.25) is 5.88 Å². The number of benzene rings is 1. The van der Waals surface area contributed by atoms with Gasteiger partial charge in [-0.1, -0.05) is 12.1 Å². The van der Waals surface area contributed by atoms with Crippen molar-refractivity contribution in [3.63, 3.8) is 0 Å². The molecule has 7 nitrogen and oxygen atoms in total. The van der Waals surface area contributed by atoms with Gasteiger partial charge in [0.05, 0.1) is 13.7 Å². The van der Waals surface area contributed by atoms with Crippen LogP contribution in [-0.4, -0.2) is 47.2 Å². The van der Waals surface area contributed by atoms with Crippen LogP contribution in [-0.2, 0) is 6.54 Å². The molecule has 1 aliphatic rings. The number of rotatable bonds is 5. The van der Waals surface area contributed by atoms with E-state index in [1.807, 2.05) is 31.2 Å². The third-order valence-electron chi connectivity index (χ3n) is 4.31. The molecule has 0 saturated carbocycles. The lowest BCUT2D eigenvalue weighted by Gasteiger charge is -2.32. The average Bonchev–Trinajstić information content (AvgIpc) is 2.67. The minimum atomic E-state index is -0.0759. The molecule has 1 unspecified atom stereocenters. The second-order valence-electron chi connectivity index (χ2n) is 6.28. The Hall–Kier alpha value is -2.83. The number of carbonyl (C=O) groups is 1. The Morgan fingerprint density at radius 1 is 1.31 bits per heavy atom. The topological polar surface area (TPSA) is 76.6 Å². The Bertz CT molecular complexity index is 736. The molecule has 1 atom stereocenters. The fourth-order valence-corrected chi connectivity index (χ4v) is 2.92. The molecule has 0 spiro atoms. The molecule has 138 valence electrons. The second-order valence-corrected chi connectivity index (χ2v) is 6.28. The van der Waals surface area contributed by atoms with Crippen molar-refractivity contribution >= 4 is 6.03 Å².